The number of carbonyl (C=O) groups is 1. The SMILES string of the molecule is CC(Br)C(=O)OCCOCCOCCOc1ccc(-[s+]2c3ccccc3c3ccccc32)cc1. The summed E-state index contributed by atoms with van der Waals surface area (Å²) in [4.78, 5) is 12.3. The van der Waals surface area contributed by atoms with Gasteiger partial charge in [-0.2, -0.15) is 0 Å². The maximum Gasteiger partial charge on any atom is 0.319 e. The normalized spacial score (nSPS) is 12.2. The number of hydrogen-bond donors (Lipinski definition) is 0. The average Bonchev–Trinajstić information content (AvgIpc) is 3.20. The van der Waals surface area contributed by atoms with E-state index < -0.39 is 0 Å². The summed E-state index contributed by atoms with van der Waals surface area (Å²) in [6.07, 6.45) is 0. The number of fused-ring (bicyclic) bond motifs is 3. The first-order chi connectivity index (χ1) is 16.6. The van der Waals surface area contributed by atoms with Crippen LogP contribution in [0.2, 0.25) is 0 Å². The Morgan fingerprint density at radius 1 is 0.765 bits per heavy atom. The topological polar surface area (TPSA) is 54.0 Å². The Bertz CT molecular complexity index is 1170. The van der Waals surface area contributed by atoms with Crippen LogP contribution in [0.25, 0.3) is 25.1 Å². The lowest BCUT2D eigenvalue weighted by molar-refractivity contribution is -0.144. The van der Waals surface area contributed by atoms with E-state index in [4.69, 9.17) is 18.9 Å². The molecule has 0 aliphatic heterocycles. The molecule has 0 radical (unpaired) electrons. The number of esters is 1. The number of thiophene rings is 1. The minimum Gasteiger partial charge on any atom is -0.491 e. The van der Waals surface area contributed by atoms with E-state index in [1.165, 1.54) is 25.1 Å². The van der Waals surface area contributed by atoms with Crippen LogP contribution in [0.5, 0.6) is 5.75 Å². The largest absolute Gasteiger partial charge is 0.491 e. The van der Waals surface area contributed by atoms with Crippen molar-refractivity contribution in [1.29, 1.82) is 0 Å². The molecule has 1 heterocycles. The first kappa shape index (κ1) is 24.7. The molecule has 3 aromatic carbocycles. The van der Waals surface area contributed by atoms with E-state index in [-0.39, 0.29) is 27.9 Å². The van der Waals surface area contributed by atoms with Gasteiger partial charge in [-0.15, -0.1) is 0 Å². The molecule has 0 saturated carbocycles. The van der Waals surface area contributed by atoms with Gasteiger partial charge in [-0.25, -0.2) is 0 Å². The van der Waals surface area contributed by atoms with Gasteiger partial charge in [0.05, 0.1) is 26.4 Å². The number of rotatable bonds is 12. The van der Waals surface area contributed by atoms with Crippen LogP contribution in [0.15, 0.2) is 72.8 Å². The third kappa shape index (κ3) is 6.16. The smallest absolute Gasteiger partial charge is 0.319 e. The first-order valence-electron chi connectivity index (χ1n) is 11.3. The average molecular weight is 544 g/mol. The number of ether oxygens (including phenoxy) is 4. The van der Waals surface area contributed by atoms with E-state index in [2.05, 4.69) is 76.6 Å². The zero-order valence-electron chi connectivity index (χ0n) is 19.1. The van der Waals surface area contributed by atoms with Crippen LogP contribution in [-0.4, -0.2) is 50.4 Å². The monoisotopic (exact) mass is 543 g/mol. The third-order valence-electron chi connectivity index (χ3n) is 5.23. The predicted molar refractivity (Wildman–Crippen MR) is 142 cm³/mol. The second-order valence-corrected chi connectivity index (χ2v) is 11.0. The zero-order chi connectivity index (χ0) is 23.8. The molecule has 0 saturated heterocycles. The lowest BCUT2D eigenvalue weighted by Gasteiger charge is -2.08. The van der Waals surface area contributed by atoms with Gasteiger partial charge in [-0.05, 0) is 43.3 Å². The zero-order valence-corrected chi connectivity index (χ0v) is 21.5. The van der Waals surface area contributed by atoms with Crippen LogP contribution in [0, 0.1) is 0 Å². The number of carbonyl (C=O) groups excluding carboxylic acids is 1. The molecule has 0 bridgehead atoms. The van der Waals surface area contributed by atoms with Crippen molar-refractivity contribution in [1.82, 2.24) is 0 Å². The van der Waals surface area contributed by atoms with Crippen molar-refractivity contribution in [2.24, 2.45) is 0 Å². The maximum absolute atomic E-state index is 11.3. The Kier molecular flexibility index (Phi) is 8.93. The molecule has 1 unspecified atom stereocenters. The van der Waals surface area contributed by atoms with Gasteiger partial charge in [0.2, 0.25) is 0 Å². The molecule has 0 amide bonds. The van der Waals surface area contributed by atoms with Gasteiger partial charge in [0.1, 0.15) is 23.8 Å². The van der Waals surface area contributed by atoms with E-state index >= 15 is 0 Å². The van der Waals surface area contributed by atoms with Crippen molar-refractivity contribution in [3.8, 4) is 10.6 Å². The van der Waals surface area contributed by atoms with Crippen LogP contribution in [0.4, 0.5) is 0 Å². The fourth-order valence-electron chi connectivity index (χ4n) is 3.64. The molecule has 0 aliphatic rings. The molecular weight excluding hydrogens is 516 g/mol. The molecule has 1 aromatic heterocycles. The Labute approximate surface area is 210 Å². The Balaban J connectivity index is 1.22. The van der Waals surface area contributed by atoms with Gasteiger partial charge in [-0.1, -0.05) is 40.2 Å². The molecule has 34 heavy (non-hydrogen) atoms. The molecule has 0 aliphatic carbocycles. The summed E-state index contributed by atoms with van der Waals surface area (Å²) in [5, 5.41) is 2.66. The number of hydrogen-bond acceptors (Lipinski definition) is 5. The second kappa shape index (κ2) is 12.3. The minimum atomic E-state index is -0.302. The third-order valence-corrected chi connectivity index (χ3v) is 7.94. The molecule has 4 aromatic rings. The van der Waals surface area contributed by atoms with E-state index in [9.17, 15) is 4.79 Å². The van der Waals surface area contributed by atoms with Crippen LogP contribution >= 0.6 is 26.4 Å². The quantitative estimate of drug-likeness (QED) is 0.0886. The highest BCUT2D eigenvalue weighted by atomic mass is 79.9. The van der Waals surface area contributed by atoms with E-state index in [0.29, 0.717) is 33.0 Å². The number of halogens is 1. The van der Waals surface area contributed by atoms with E-state index in [1.807, 2.05) is 12.1 Å². The van der Waals surface area contributed by atoms with Crippen molar-refractivity contribution in [3.63, 3.8) is 0 Å². The molecule has 7 heteroatoms. The maximum atomic E-state index is 11.3. The molecule has 5 nitrogen and oxygen atoms in total. The molecule has 0 fully saturated rings. The molecule has 1 atom stereocenters. The summed E-state index contributed by atoms with van der Waals surface area (Å²) >= 11 is 3.16. The number of alkyl halides is 1. The Morgan fingerprint density at radius 2 is 1.29 bits per heavy atom. The molecular formula is C27H28BrO5S+. The molecule has 0 spiro atoms. The van der Waals surface area contributed by atoms with Gasteiger partial charge in [-0.3, -0.25) is 4.79 Å². The van der Waals surface area contributed by atoms with Crippen LogP contribution in [0.3, 0.4) is 0 Å². The standard InChI is InChI=1S/C27H28BrO5S/c1-20(28)27(29)33-19-17-31-15-14-30-16-18-32-21-10-12-22(13-11-21)34-25-8-4-2-6-23(25)24-7-3-5-9-26(24)34/h2-13,20H,14-19H2,1H3/q+1. The van der Waals surface area contributed by atoms with Gasteiger partial charge in [0.25, 0.3) is 0 Å². The summed E-state index contributed by atoms with van der Waals surface area (Å²) in [5.41, 5.74) is 0. The first-order valence-corrected chi connectivity index (χ1v) is 13.4. The van der Waals surface area contributed by atoms with E-state index in [1.54, 1.807) is 6.92 Å². The lowest BCUT2D eigenvalue weighted by Crippen LogP contribution is -2.18. The summed E-state index contributed by atoms with van der Waals surface area (Å²) in [5.74, 6) is 0.541. The highest BCUT2D eigenvalue weighted by Crippen LogP contribution is 2.48. The van der Waals surface area contributed by atoms with Gasteiger partial charge in [0.15, 0.2) is 14.3 Å². The van der Waals surface area contributed by atoms with E-state index in [0.717, 1.165) is 5.75 Å². The predicted octanol–water partition coefficient (Wildman–Crippen LogP) is 6.47. The number of benzene rings is 3. The molecule has 0 N–H and O–H groups in total. The van der Waals surface area contributed by atoms with Crippen LogP contribution in [-0.2, 0) is 19.0 Å². The van der Waals surface area contributed by atoms with Crippen molar-refractivity contribution in [2.45, 2.75) is 11.8 Å². The van der Waals surface area contributed by atoms with Crippen molar-refractivity contribution < 1.29 is 23.7 Å². The Morgan fingerprint density at radius 3 is 1.88 bits per heavy atom. The van der Waals surface area contributed by atoms with Crippen molar-refractivity contribution in [3.05, 3.63) is 72.8 Å². The van der Waals surface area contributed by atoms with Crippen LogP contribution < -0.4 is 4.74 Å². The minimum absolute atomic E-state index is 0.0919. The molecule has 178 valence electrons. The summed E-state index contributed by atoms with van der Waals surface area (Å²) in [6, 6.07) is 25.7. The summed E-state index contributed by atoms with van der Waals surface area (Å²) in [6.45, 7) is 4.18. The summed E-state index contributed by atoms with van der Waals surface area (Å²) in [7, 11) is -0.0919. The Hall–Kier alpha value is -2.45. The van der Waals surface area contributed by atoms with Crippen molar-refractivity contribution in [2.75, 3.05) is 39.6 Å². The summed E-state index contributed by atoms with van der Waals surface area (Å²) < 4.78 is 24.5. The van der Waals surface area contributed by atoms with Crippen molar-refractivity contribution >= 4 is 52.5 Å². The van der Waals surface area contributed by atoms with Crippen LogP contribution in [0.1, 0.15) is 6.92 Å². The highest BCUT2D eigenvalue weighted by molar-refractivity contribution is 9.10. The second-order valence-electron chi connectivity index (χ2n) is 7.63. The highest BCUT2D eigenvalue weighted by Gasteiger charge is 2.22. The lowest BCUT2D eigenvalue weighted by atomic mass is 10.2. The fourth-order valence-corrected chi connectivity index (χ4v) is 6.15. The van der Waals surface area contributed by atoms with Gasteiger partial charge in [0, 0.05) is 33.4 Å². The van der Waals surface area contributed by atoms with Gasteiger partial charge < -0.3 is 18.9 Å². The van der Waals surface area contributed by atoms with Gasteiger partial charge >= 0.3 is 5.97 Å². The fraction of sp³-hybridized carbons (Fsp3) is 0.296. The molecule has 4 rings (SSSR count).